The largest absolute Gasteiger partial charge is 0.330 e. The third-order valence-electron chi connectivity index (χ3n) is 4.51. The van der Waals surface area contributed by atoms with Crippen molar-refractivity contribution < 1.29 is 0 Å². The predicted octanol–water partition coefficient (Wildman–Crippen LogP) is 4.01. The molecule has 24 heavy (non-hydrogen) atoms. The number of nitrogens with two attached hydrogens (primary N) is 1. The van der Waals surface area contributed by atoms with E-state index in [1.54, 1.807) is 0 Å². The van der Waals surface area contributed by atoms with E-state index >= 15 is 0 Å². The molecule has 1 aromatic rings. The van der Waals surface area contributed by atoms with E-state index in [0.717, 1.165) is 43.9 Å². The fourth-order valence-corrected chi connectivity index (χ4v) is 2.98. The Hall–Kier alpha value is -1.52. The second kappa shape index (κ2) is 9.70. The second-order valence-corrected chi connectivity index (χ2v) is 6.81. The second-order valence-electron chi connectivity index (χ2n) is 6.81. The molecule has 0 aliphatic rings. The molecule has 134 valence electrons. The summed E-state index contributed by atoms with van der Waals surface area (Å²) in [6.45, 7) is 15.3. The maximum absolute atomic E-state index is 5.69. The summed E-state index contributed by atoms with van der Waals surface area (Å²) in [5.74, 6) is 0. The van der Waals surface area contributed by atoms with Gasteiger partial charge in [-0.05, 0) is 78.6 Å². The Balaban J connectivity index is 3.10. The third kappa shape index (κ3) is 5.53. The molecule has 0 amide bonds. The summed E-state index contributed by atoms with van der Waals surface area (Å²) in [7, 11) is 0. The first-order valence-corrected chi connectivity index (χ1v) is 8.89. The lowest BCUT2D eigenvalue weighted by atomic mass is 9.96. The molecule has 1 rings (SSSR count). The van der Waals surface area contributed by atoms with Gasteiger partial charge >= 0.3 is 0 Å². The molecule has 0 aromatic carbocycles. The van der Waals surface area contributed by atoms with E-state index in [0.29, 0.717) is 0 Å². The molecule has 1 heterocycles. The first-order chi connectivity index (χ1) is 11.4. The van der Waals surface area contributed by atoms with Crippen molar-refractivity contribution in [1.29, 1.82) is 0 Å². The molecule has 1 aromatic heterocycles. The zero-order valence-corrected chi connectivity index (χ0v) is 16.3. The van der Waals surface area contributed by atoms with Crippen molar-refractivity contribution in [3.8, 4) is 0 Å². The first kappa shape index (κ1) is 20.5. The molecule has 0 atom stereocenters. The van der Waals surface area contributed by atoms with E-state index < -0.39 is 0 Å². The maximum Gasteiger partial charge on any atom is 0.0576 e. The van der Waals surface area contributed by atoms with Crippen LogP contribution in [0.5, 0.6) is 0 Å². The topological polar surface area (TPSA) is 54.5 Å². The van der Waals surface area contributed by atoms with Crippen molar-refractivity contribution in [3.63, 3.8) is 0 Å². The van der Waals surface area contributed by atoms with E-state index in [1.807, 2.05) is 19.3 Å². The van der Waals surface area contributed by atoms with Crippen molar-refractivity contribution in [2.45, 2.75) is 66.5 Å². The standard InChI is InChI=1S/C20H34N4/c1-7-19(22-8-2)20(5,6)24(12-10-9-11-21)15-18-17(4)13-16(3)14-23-18/h7-8,13-14H,9-12,15,21H2,1-6H3/b19-7-,22-8?. The van der Waals surface area contributed by atoms with Crippen LogP contribution >= 0.6 is 0 Å². The number of aryl methyl sites for hydroxylation is 2. The normalized spacial score (nSPS) is 13.2. The Morgan fingerprint density at radius 2 is 2.00 bits per heavy atom. The van der Waals surface area contributed by atoms with E-state index in [4.69, 9.17) is 5.73 Å². The highest BCUT2D eigenvalue weighted by molar-refractivity contribution is 5.56. The van der Waals surface area contributed by atoms with Gasteiger partial charge in [-0.3, -0.25) is 14.9 Å². The van der Waals surface area contributed by atoms with Crippen molar-refractivity contribution >= 4 is 6.21 Å². The summed E-state index contributed by atoms with van der Waals surface area (Å²) in [6, 6.07) is 2.20. The average Bonchev–Trinajstić information content (AvgIpc) is 2.53. The summed E-state index contributed by atoms with van der Waals surface area (Å²) in [6.07, 6.45) is 8.04. The van der Waals surface area contributed by atoms with Crippen LogP contribution in [0.15, 0.2) is 29.0 Å². The summed E-state index contributed by atoms with van der Waals surface area (Å²) in [5, 5.41) is 0. The van der Waals surface area contributed by atoms with Crippen LogP contribution in [0, 0.1) is 13.8 Å². The molecule has 0 aliphatic carbocycles. The van der Waals surface area contributed by atoms with Crippen molar-refractivity contribution in [3.05, 3.63) is 40.9 Å². The van der Waals surface area contributed by atoms with Crippen LogP contribution in [-0.2, 0) is 6.54 Å². The van der Waals surface area contributed by atoms with Gasteiger partial charge in [0, 0.05) is 19.0 Å². The number of aliphatic imine (C=N–C) groups is 1. The van der Waals surface area contributed by atoms with Gasteiger partial charge in [-0.25, -0.2) is 0 Å². The van der Waals surface area contributed by atoms with Gasteiger partial charge in [-0.15, -0.1) is 0 Å². The molecule has 0 saturated heterocycles. The molecule has 2 N–H and O–H groups in total. The van der Waals surface area contributed by atoms with Crippen LogP contribution in [0.4, 0.5) is 0 Å². The summed E-state index contributed by atoms with van der Waals surface area (Å²) < 4.78 is 0. The van der Waals surface area contributed by atoms with Crippen molar-refractivity contribution in [1.82, 2.24) is 9.88 Å². The first-order valence-electron chi connectivity index (χ1n) is 8.89. The molecule has 0 aliphatic heterocycles. The van der Waals surface area contributed by atoms with Crippen molar-refractivity contribution in [2.24, 2.45) is 10.7 Å². The summed E-state index contributed by atoms with van der Waals surface area (Å²) in [5.41, 5.74) is 10.2. The Morgan fingerprint density at radius 1 is 1.29 bits per heavy atom. The van der Waals surface area contributed by atoms with Gasteiger partial charge in [0.1, 0.15) is 0 Å². The Bertz CT molecular complexity index is 573. The summed E-state index contributed by atoms with van der Waals surface area (Å²) in [4.78, 5) is 11.7. The van der Waals surface area contributed by atoms with Gasteiger partial charge in [0.05, 0.1) is 16.9 Å². The monoisotopic (exact) mass is 330 g/mol. The highest BCUT2D eigenvalue weighted by atomic mass is 15.2. The number of rotatable bonds is 9. The van der Waals surface area contributed by atoms with Crippen LogP contribution in [-0.4, -0.2) is 34.7 Å². The Labute approximate surface area is 147 Å². The molecule has 0 spiro atoms. The Morgan fingerprint density at radius 3 is 2.54 bits per heavy atom. The number of aromatic nitrogens is 1. The van der Waals surface area contributed by atoms with Crippen LogP contribution in [0.25, 0.3) is 0 Å². The molecule has 0 saturated carbocycles. The van der Waals surface area contributed by atoms with Crippen molar-refractivity contribution in [2.75, 3.05) is 13.1 Å². The fraction of sp³-hybridized carbons (Fsp3) is 0.600. The minimum atomic E-state index is -0.158. The average molecular weight is 331 g/mol. The fourth-order valence-electron chi connectivity index (χ4n) is 2.98. The van der Waals surface area contributed by atoms with Gasteiger partial charge in [0.2, 0.25) is 0 Å². The molecular weight excluding hydrogens is 296 g/mol. The minimum absolute atomic E-state index is 0.158. The van der Waals surface area contributed by atoms with Gasteiger partial charge < -0.3 is 5.73 Å². The highest BCUT2D eigenvalue weighted by Crippen LogP contribution is 2.28. The number of hydrogen-bond donors (Lipinski definition) is 1. The number of hydrogen-bond acceptors (Lipinski definition) is 4. The lowest BCUT2D eigenvalue weighted by Gasteiger charge is -2.39. The molecule has 0 fully saturated rings. The molecule has 0 unspecified atom stereocenters. The number of allylic oxidation sites excluding steroid dienone is 1. The van der Waals surface area contributed by atoms with E-state index in [9.17, 15) is 0 Å². The van der Waals surface area contributed by atoms with E-state index in [-0.39, 0.29) is 5.54 Å². The number of pyridine rings is 1. The third-order valence-corrected chi connectivity index (χ3v) is 4.51. The van der Waals surface area contributed by atoms with E-state index in [2.05, 4.69) is 61.6 Å². The van der Waals surface area contributed by atoms with Crippen LogP contribution in [0.3, 0.4) is 0 Å². The molecule has 0 bridgehead atoms. The van der Waals surface area contributed by atoms with Gasteiger partial charge in [0.15, 0.2) is 0 Å². The zero-order valence-electron chi connectivity index (χ0n) is 16.3. The van der Waals surface area contributed by atoms with Crippen LogP contribution in [0.1, 0.15) is 57.4 Å². The molecule has 4 heteroatoms. The smallest absolute Gasteiger partial charge is 0.0576 e. The SMILES string of the molecule is CC=N/C(=C\C)C(C)(C)N(CCCCN)Cc1ncc(C)cc1C. The molecular formula is C20H34N4. The highest BCUT2D eigenvalue weighted by Gasteiger charge is 2.30. The van der Waals surface area contributed by atoms with Gasteiger partial charge in [-0.2, -0.15) is 0 Å². The van der Waals surface area contributed by atoms with Crippen LogP contribution in [0.2, 0.25) is 0 Å². The molecule has 4 nitrogen and oxygen atoms in total. The Kier molecular flexibility index (Phi) is 8.29. The lowest BCUT2D eigenvalue weighted by Crippen LogP contribution is -2.45. The summed E-state index contributed by atoms with van der Waals surface area (Å²) >= 11 is 0. The predicted molar refractivity (Wildman–Crippen MR) is 104 cm³/mol. The van der Waals surface area contributed by atoms with Gasteiger partial charge in [-0.1, -0.05) is 12.1 Å². The van der Waals surface area contributed by atoms with Crippen LogP contribution < -0.4 is 5.73 Å². The van der Waals surface area contributed by atoms with Gasteiger partial charge in [0.25, 0.3) is 0 Å². The maximum atomic E-state index is 5.69. The zero-order chi connectivity index (χ0) is 18.2. The molecule has 0 radical (unpaired) electrons. The minimum Gasteiger partial charge on any atom is -0.330 e. The number of unbranched alkanes of at least 4 members (excludes halogenated alkanes) is 1. The lowest BCUT2D eigenvalue weighted by molar-refractivity contribution is 0.136. The quantitative estimate of drug-likeness (QED) is 0.550. The number of nitrogens with zero attached hydrogens (tertiary/aromatic N) is 3. The van der Waals surface area contributed by atoms with E-state index in [1.165, 1.54) is 11.1 Å².